The molecule has 1 unspecified atom stereocenters. The van der Waals surface area contributed by atoms with E-state index < -0.39 is 5.54 Å². The molecule has 1 aromatic rings. The number of aryl methyl sites for hydroxylation is 1. The number of hydrogen-bond donors (Lipinski definition) is 1. The topological polar surface area (TPSA) is 67.9 Å². The molecule has 6 heteroatoms. The number of carbonyl (C=O) groups excluding carboxylic acids is 1. The summed E-state index contributed by atoms with van der Waals surface area (Å²) in [4.78, 5) is 19.5. The van der Waals surface area contributed by atoms with Gasteiger partial charge in [0.1, 0.15) is 5.82 Å². The summed E-state index contributed by atoms with van der Waals surface area (Å²) < 4.78 is 19.7. The molecule has 0 aromatic heterocycles. The zero-order valence-electron chi connectivity index (χ0n) is 14.9. The van der Waals surface area contributed by atoms with Crippen LogP contribution in [-0.2, 0) is 21.5 Å². The van der Waals surface area contributed by atoms with Gasteiger partial charge in [-0.15, -0.1) is 0 Å². The molecule has 0 bridgehead atoms. The van der Waals surface area contributed by atoms with Crippen LogP contribution in [0.1, 0.15) is 42.4 Å². The lowest BCUT2D eigenvalue weighted by molar-refractivity contribution is -0.137. The molecular formula is C19H24FN3O2. The number of carbonyl (C=O) groups is 1. The summed E-state index contributed by atoms with van der Waals surface area (Å²) in [5.41, 5.74) is 6.94. The number of hydrogen-bond acceptors (Lipinski definition) is 4. The van der Waals surface area contributed by atoms with Crippen molar-refractivity contribution in [3.8, 4) is 0 Å². The molecule has 1 heterocycles. The first-order valence-electron chi connectivity index (χ1n) is 8.80. The fourth-order valence-corrected chi connectivity index (χ4v) is 5.06. The van der Waals surface area contributed by atoms with Crippen LogP contribution in [-0.4, -0.2) is 37.0 Å². The third kappa shape index (κ3) is 1.97. The van der Waals surface area contributed by atoms with E-state index in [2.05, 4.69) is 0 Å². The first-order chi connectivity index (χ1) is 11.8. The summed E-state index contributed by atoms with van der Waals surface area (Å²) in [6.07, 6.45) is 4.25. The highest BCUT2D eigenvalue weighted by Crippen LogP contribution is 2.61. The highest BCUT2D eigenvalue weighted by molar-refractivity contribution is 6.08. The van der Waals surface area contributed by atoms with Gasteiger partial charge in [-0.25, -0.2) is 9.38 Å². The number of fused-ring (bicyclic) bond motifs is 3. The number of ether oxygens (including phenoxy) is 1. The summed E-state index contributed by atoms with van der Waals surface area (Å²) in [6, 6.07) is 3.39. The molecule has 2 spiro atoms. The van der Waals surface area contributed by atoms with Crippen molar-refractivity contribution in [3.05, 3.63) is 34.6 Å². The average Bonchev–Trinajstić information content (AvgIpc) is 2.97. The van der Waals surface area contributed by atoms with E-state index in [0.29, 0.717) is 12.0 Å². The van der Waals surface area contributed by atoms with Gasteiger partial charge in [0.15, 0.2) is 11.5 Å². The van der Waals surface area contributed by atoms with Crippen molar-refractivity contribution < 1.29 is 13.9 Å². The van der Waals surface area contributed by atoms with Crippen LogP contribution in [0.5, 0.6) is 0 Å². The number of nitrogens with zero attached hydrogens (tertiary/aromatic N) is 2. The molecule has 134 valence electrons. The van der Waals surface area contributed by atoms with E-state index in [9.17, 15) is 9.18 Å². The third-order valence-corrected chi connectivity index (χ3v) is 6.53. The Bertz CT molecular complexity index is 783. The van der Waals surface area contributed by atoms with E-state index in [4.69, 9.17) is 15.5 Å². The third-order valence-electron chi connectivity index (χ3n) is 6.53. The van der Waals surface area contributed by atoms with Crippen molar-refractivity contribution in [3.63, 3.8) is 0 Å². The summed E-state index contributed by atoms with van der Waals surface area (Å²) in [5, 5.41) is 0. The van der Waals surface area contributed by atoms with Crippen LogP contribution < -0.4 is 5.73 Å². The molecule has 0 saturated heterocycles. The van der Waals surface area contributed by atoms with Gasteiger partial charge in [-0.2, -0.15) is 0 Å². The second kappa shape index (κ2) is 5.27. The monoisotopic (exact) mass is 345 g/mol. The Hall–Kier alpha value is -1.95. The van der Waals surface area contributed by atoms with Crippen LogP contribution in [0.2, 0.25) is 0 Å². The first kappa shape index (κ1) is 16.5. The average molecular weight is 345 g/mol. The Kier molecular flexibility index (Phi) is 3.48. The molecule has 2 aliphatic carbocycles. The normalized spacial score (nSPS) is 34.1. The van der Waals surface area contributed by atoms with Gasteiger partial charge < -0.3 is 10.5 Å². The Balaban J connectivity index is 1.91. The van der Waals surface area contributed by atoms with E-state index in [1.54, 1.807) is 33.2 Å². The van der Waals surface area contributed by atoms with Crippen molar-refractivity contribution >= 4 is 11.9 Å². The van der Waals surface area contributed by atoms with Gasteiger partial charge in [0.2, 0.25) is 0 Å². The molecule has 4 rings (SSSR count). The first-order valence-corrected chi connectivity index (χ1v) is 8.80. The Morgan fingerprint density at radius 3 is 2.60 bits per heavy atom. The summed E-state index contributed by atoms with van der Waals surface area (Å²) in [6.45, 7) is 1.73. The minimum atomic E-state index is -1.02. The molecule has 5 nitrogen and oxygen atoms in total. The van der Waals surface area contributed by atoms with Gasteiger partial charge in [-0.1, -0.05) is 0 Å². The summed E-state index contributed by atoms with van der Waals surface area (Å²) >= 11 is 0. The molecule has 3 aliphatic rings. The SMILES string of the molecule is COC1CCC2(CC1)Cc1cc(F)c(C)cc1C21N=C(N)N(C)C1=O. The van der Waals surface area contributed by atoms with Crippen molar-refractivity contribution in [2.24, 2.45) is 16.1 Å². The second-order valence-corrected chi connectivity index (χ2v) is 7.70. The Morgan fingerprint density at radius 2 is 2.04 bits per heavy atom. The van der Waals surface area contributed by atoms with Crippen LogP contribution in [0.15, 0.2) is 17.1 Å². The van der Waals surface area contributed by atoms with E-state index in [1.807, 2.05) is 0 Å². The number of rotatable bonds is 1. The molecule has 25 heavy (non-hydrogen) atoms. The van der Waals surface area contributed by atoms with Gasteiger partial charge in [0.05, 0.1) is 6.10 Å². The standard InChI is InChI=1S/C19H24FN3O2/c1-11-8-14-12(9-15(11)20)10-18(6-4-13(25-3)5-7-18)19(14)16(24)23(2)17(21)22-19/h8-9,13H,4-7,10H2,1-3H3,(H2,21,22). The molecule has 1 saturated carbocycles. The van der Waals surface area contributed by atoms with Crippen molar-refractivity contribution in [2.75, 3.05) is 14.2 Å². The Morgan fingerprint density at radius 1 is 1.36 bits per heavy atom. The lowest BCUT2D eigenvalue weighted by atomic mass is 9.61. The van der Waals surface area contributed by atoms with Crippen molar-refractivity contribution in [1.29, 1.82) is 0 Å². The molecular weight excluding hydrogens is 321 g/mol. The number of halogens is 1. The van der Waals surface area contributed by atoms with Gasteiger partial charge >= 0.3 is 0 Å². The number of nitrogens with two attached hydrogens (primary N) is 1. The van der Waals surface area contributed by atoms with E-state index >= 15 is 0 Å². The Labute approximate surface area is 147 Å². The lowest BCUT2D eigenvalue weighted by Crippen LogP contribution is -2.51. The number of methoxy groups -OCH3 is 1. The van der Waals surface area contributed by atoms with Crippen LogP contribution in [0.4, 0.5) is 4.39 Å². The molecule has 1 aromatic carbocycles. The van der Waals surface area contributed by atoms with E-state index in [1.165, 1.54) is 4.90 Å². The van der Waals surface area contributed by atoms with Gasteiger partial charge in [-0.05, 0) is 67.9 Å². The number of guanidine groups is 1. The maximum atomic E-state index is 14.2. The van der Waals surface area contributed by atoms with Gasteiger partial charge in [-0.3, -0.25) is 9.69 Å². The summed E-state index contributed by atoms with van der Waals surface area (Å²) in [5.74, 6) is -0.0778. The minimum absolute atomic E-state index is 0.0920. The predicted octanol–water partition coefficient (Wildman–Crippen LogP) is 2.25. The van der Waals surface area contributed by atoms with Crippen LogP contribution in [0, 0.1) is 18.2 Å². The molecule has 2 N–H and O–H groups in total. The number of benzene rings is 1. The summed E-state index contributed by atoms with van der Waals surface area (Å²) in [7, 11) is 3.39. The number of likely N-dealkylation sites (N-methyl/N-ethyl adjacent to an activating group) is 1. The highest BCUT2D eigenvalue weighted by atomic mass is 19.1. The predicted molar refractivity (Wildman–Crippen MR) is 92.6 cm³/mol. The largest absolute Gasteiger partial charge is 0.381 e. The van der Waals surface area contributed by atoms with Crippen LogP contribution >= 0.6 is 0 Å². The molecule has 1 atom stereocenters. The molecule has 0 radical (unpaired) electrons. The van der Waals surface area contributed by atoms with Crippen LogP contribution in [0.3, 0.4) is 0 Å². The fourth-order valence-electron chi connectivity index (χ4n) is 5.06. The fraction of sp³-hybridized carbons (Fsp3) is 0.579. The maximum absolute atomic E-state index is 14.2. The van der Waals surface area contributed by atoms with E-state index in [0.717, 1.165) is 36.8 Å². The van der Waals surface area contributed by atoms with Crippen LogP contribution in [0.25, 0.3) is 0 Å². The smallest absolute Gasteiger partial charge is 0.262 e. The second-order valence-electron chi connectivity index (χ2n) is 7.70. The number of aliphatic imine (C=N–C) groups is 1. The number of amides is 1. The van der Waals surface area contributed by atoms with Gasteiger partial charge in [0.25, 0.3) is 5.91 Å². The quantitative estimate of drug-likeness (QED) is 0.849. The molecule has 1 amide bonds. The highest BCUT2D eigenvalue weighted by Gasteiger charge is 2.66. The van der Waals surface area contributed by atoms with Crippen molar-refractivity contribution in [2.45, 2.75) is 50.7 Å². The minimum Gasteiger partial charge on any atom is -0.381 e. The zero-order chi connectivity index (χ0) is 18.0. The lowest BCUT2D eigenvalue weighted by Gasteiger charge is -2.45. The van der Waals surface area contributed by atoms with E-state index in [-0.39, 0.29) is 29.2 Å². The van der Waals surface area contributed by atoms with Gasteiger partial charge in [0, 0.05) is 19.6 Å². The molecule has 1 fully saturated rings. The maximum Gasteiger partial charge on any atom is 0.262 e. The van der Waals surface area contributed by atoms with Crippen molar-refractivity contribution in [1.82, 2.24) is 4.90 Å². The zero-order valence-corrected chi connectivity index (χ0v) is 14.9. The molecule has 1 aliphatic heterocycles.